The number of carbonyl (C=O) groups is 4. The van der Waals surface area contributed by atoms with Gasteiger partial charge in [-0.1, -0.05) is 125 Å². The van der Waals surface area contributed by atoms with Crippen molar-refractivity contribution >= 4 is 82.3 Å². The number of nitrogens with zero attached hydrogens (tertiary/aromatic N) is 4. The molecule has 0 saturated heterocycles. The maximum absolute atomic E-state index is 13.6. The van der Waals surface area contributed by atoms with Crippen molar-refractivity contribution in [2.75, 3.05) is 27.2 Å². The van der Waals surface area contributed by atoms with Crippen LogP contribution in [-0.2, 0) is 0 Å². The lowest BCUT2D eigenvalue weighted by molar-refractivity contribution is 0.0941. The summed E-state index contributed by atoms with van der Waals surface area (Å²) in [5, 5.41) is 29.9. The number of nitrogens with one attached hydrogen (secondary N) is 4. The molecule has 0 aliphatic heterocycles. The Morgan fingerprint density at radius 1 is 0.494 bits per heavy atom. The quantitative estimate of drug-likeness (QED) is 0.0580. The Morgan fingerprint density at radius 3 is 1.34 bits per heavy atom. The van der Waals surface area contributed by atoms with E-state index in [1.807, 2.05) is 94.6 Å². The molecular formula is C65H62BCl3F2N8O6. The van der Waals surface area contributed by atoms with Crippen LogP contribution in [0, 0.1) is 23.5 Å². The molecule has 4 heterocycles. The lowest BCUT2D eigenvalue weighted by Crippen LogP contribution is -2.30. The predicted octanol–water partition coefficient (Wildman–Crippen LogP) is 12.7. The highest BCUT2D eigenvalue weighted by Crippen LogP contribution is 2.35. The summed E-state index contributed by atoms with van der Waals surface area (Å²) >= 11 is 18.4. The average Bonchev–Trinajstić information content (AvgIpc) is 1.85. The topological polar surface area (TPSA) is 191 Å². The molecule has 4 amide bonds. The van der Waals surface area contributed by atoms with Crippen molar-refractivity contribution in [2.24, 2.45) is 11.8 Å². The zero-order valence-electron chi connectivity index (χ0n) is 46.5. The molecule has 6 aromatic carbocycles. The molecule has 10 aromatic rings. The average molecular weight is 1210 g/mol. The van der Waals surface area contributed by atoms with Crippen molar-refractivity contribution in [2.45, 2.75) is 35.1 Å². The summed E-state index contributed by atoms with van der Waals surface area (Å²) in [7, 11) is 1.62. The van der Waals surface area contributed by atoms with Crippen LogP contribution in [0.15, 0.2) is 170 Å². The standard InChI is InChI=1S/C32H28ClFN4O2.C26H24ClFN4O2.C6H6BClO2.CH4/c1-19(2)17-36-31(39)26-16-21(10-14-24(26)25-6-4-5-7-27(25)33)22-11-15-28-37-29(20-8-12-23(34)13-9-20)30(32(40)35-3)38(28)18-22;1-15(2)13-30-25(33)20-12-17(6-10-21(20)27)18-7-11-22-31-23(16-4-8-19(28)9-5-16)24(26(34)29-3)32(22)14-18;8-6-4-2-1-3-5(6)7(9)10;/h4-16,18-19H,17H2,1-3H3,(H,35,40)(H,36,39);4-12,14-15H,13H2,1-3H3,(H,29,34)(H,30,33);1-4,9-10H;1H4. The van der Waals surface area contributed by atoms with E-state index in [4.69, 9.17) is 44.9 Å². The van der Waals surface area contributed by atoms with Crippen molar-refractivity contribution in [3.8, 4) is 55.9 Å². The van der Waals surface area contributed by atoms with Crippen LogP contribution < -0.4 is 26.7 Å². The number of rotatable bonds is 14. The van der Waals surface area contributed by atoms with Gasteiger partial charge >= 0.3 is 7.12 Å². The number of hydrogen-bond acceptors (Lipinski definition) is 8. The molecule has 6 N–H and O–H groups in total. The van der Waals surface area contributed by atoms with Crippen LogP contribution >= 0.6 is 34.8 Å². The highest BCUT2D eigenvalue weighted by atomic mass is 35.5. The molecule has 0 saturated carbocycles. The Kier molecular flexibility index (Phi) is 21.6. The molecule has 0 radical (unpaired) electrons. The minimum absolute atomic E-state index is 0. The molecule has 0 fully saturated rings. The van der Waals surface area contributed by atoms with Crippen molar-refractivity contribution in [1.82, 2.24) is 40.0 Å². The molecule has 20 heteroatoms. The van der Waals surface area contributed by atoms with Crippen LogP contribution in [0.5, 0.6) is 0 Å². The van der Waals surface area contributed by atoms with Gasteiger partial charge in [-0.15, -0.1) is 0 Å². The third-order valence-corrected chi connectivity index (χ3v) is 14.2. The van der Waals surface area contributed by atoms with Crippen molar-refractivity contribution in [3.63, 3.8) is 0 Å². The van der Waals surface area contributed by atoms with Crippen LogP contribution in [-0.4, -0.2) is 86.7 Å². The van der Waals surface area contributed by atoms with Crippen LogP contribution in [0.2, 0.25) is 15.1 Å². The summed E-state index contributed by atoms with van der Waals surface area (Å²) in [6.45, 7) is 9.19. The first-order chi connectivity index (χ1) is 40.3. The largest absolute Gasteiger partial charge is 0.489 e. The van der Waals surface area contributed by atoms with E-state index in [0.29, 0.717) is 95.9 Å². The summed E-state index contributed by atoms with van der Waals surface area (Å²) in [6.07, 6.45) is 3.61. The second-order valence-corrected chi connectivity index (χ2v) is 21.3. The molecule has 0 aliphatic carbocycles. The number of imidazole rings is 2. The number of aromatic nitrogens is 4. The fourth-order valence-electron chi connectivity index (χ4n) is 8.89. The number of carbonyl (C=O) groups excluding carboxylic acids is 4. The summed E-state index contributed by atoms with van der Waals surface area (Å²) in [5.41, 5.74) is 9.72. The van der Waals surface area contributed by atoms with Gasteiger partial charge in [0.25, 0.3) is 23.6 Å². The second-order valence-electron chi connectivity index (χ2n) is 20.1. The Morgan fingerprint density at radius 2 is 0.906 bits per heavy atom. The zero-order valence-corrected chi connectivity index (χ0v) is 48.8. The molecule has 4 aromatic heterocycles. The molecular weight excluding hydrogens is 1140 g/mol. The molecule has 85 heavy (non-hydrogen) atoms. The van der Waals surface area contributed by atoms with E-state index in [0.717, 1.165) is 33.4 Å². The highest BCUT2D eigenvalue weighted by Gasteiger charge is 2.24. The normalized spacial score (nSPS) is 10.8. The van der Waals surface area contributed by atoms with Gasteiger partial charge in [-0.3, -0.25) is 28.0 Å². The van der Waals surface area contributed by atoms with Gasteiger partial charge in [-0.05, 0) is 143 Å². The van der Waals surface area contributed by atoms with E-state index in [2.05, 4.69) is 31.2 Å². The fourth-order valence-corrected chi connectivity index (χ4v) is 9.57. The first-order valence-corrected chi connectivity index (χ1v) is 27.8. The third-order valence-electron chi connectivity index (χ3n) is 13.2. The van der Waals surface area contributed by atoms with E-state index in [9.17, 15) is 28.0 Å². The number of hydrogen-bond donors (Lipinski definition) is 6. The number of pyridine rings is 2. The number of benzene rings is 6. The smallest absolute Gasteiger partial charge is 0.423 e. The Hall–Kier alpha value is -8.71. The lowest BCUT2D eigenvalue weighted by atomic mass is 9.80. The van der Waals surface area contributed by atoms with Crippen LogP contribution in [0.25, 0.3) is 67.2 Å². The van der Waals surface area contributed by atoms with Gasteiger partial charge < -0.3 is 31.3 Å². The summed E-state index contributed by atoms with van der Waals surface area (Å²) in [4.78, 5) is 61.1. The van der Waals surface area contributed by atoms with E-state index in [1.165, 1.54) is 24.3 Å². The lowest BCUT2D eigenvalue weighted by Gasteiger charge is -2.15. The monoisotopic (exact) mass is 1200 g/mol. The van der Waals surface area contributed by atoms with E-state index in [-0.39, 0.29) is 48.6 Å². The SMILES string of the molecule is C.CNC(=O)c1c(-c2ccc(F)cc2)nc2ccc(-c3ccc(-c4ccccc4Cl)c(C(=O)NCC(C)C)c3)cn12.CNC(=O)c1c(-c2ccc(F)cc2)nc2ccc(-c3ccc(Cl)c(C(=O)NCC(C)C)c3)cn12.OB(O)c1ccccc1Cl. The van der Waals surface area contributed by atoms with Gasteiger partial charge in [0.2, 0.25) is 0 Å². The first-order valence-electron chi connectivity index (χ1n) is 26.6. The first kappa shape index (κ1) is 63.9. The number of fused-ring (bicyclic) bond motifs is 2. The molecule has 0 aliphatic rings. The Bertz CT molecular complexity index is 4040. The molecule has 14 nitrogen and oxygen atoms in total. The van der Waals surface area contributed by atoms with Gasteiger partial charge in [-0.25, -0.2) is 18.7 Å². The van der Waals surface area contributed by atoms with E-state index < -0.39 is 7.12 Å². The van der Waals surface area contributed by atoms with Crippen LogP contribution in [0.3, 0.4) is 0 Å². The van der Waals surface area contributed by atoms with Gasteiger partial charge in [-0.2, -0.15) is 0 Å². The number of halogens is 5. The maximum atomic E-state index is 13.6. The summed E-state index contributed by atoms with van der Waals surface area (Å²) < 4.78 is 30.4. The fraction of sp³-hybridized carbons (Fsp3) is 0.169. The second kappa shape index (κ2) is 28.7. The Labute approximate surface area is 507 Å². The molecule has 0 unspecified atom stereocenters. The predicted molar refractivity (Wildman–Crippen MR) is 337 cm³/mol. The van der Waals surface area contributed by atoms with Crippen LogP contribution in [0.1, 0.15) is 76.8 Å². The van der Waals surface area contributed by atoms with Crippen molar-refractivity contribution in [3.05, 3.63) is 219 Å². The third kappa shape index (κ3) is 15.2. The summed E-state index contributed by atoms with van der Waals surface area (Å²) in [6, 6.07) is 44.0. The molecule has 0 bridgehead atoms. The zero-order chi connectivity index (χ0) is 60.4. The minimum atomic E-state index is -1.48. The van der Waals surface area contributed by atoms with E-state index >= 15 is 0 Å². The molecule has 0 atom stereocenters. The highest BCUT2D eigenvalue weighted by molar-refractivity contribution is 6.62. The minimum Gasteiger partial charge on any atom is -0.423 e. The van der Waals surface area contributed by atoms with Gasteiger partial charge in [0.1, 0.15) is 45.7 Å². The molecule has 0 spiro atoms. The van der Waals surface area contributed by atoms with Crippen LogP contribution in [0.4, 0.5) is 8.78 Å². The van der Waals surface area contributed by atoms with Gasteiger partial charge in [0.15, 0.2) is 0 Å². The Balaban J connectivity index is 0.000000209. The van der Waals surface area contributed by atoms with Crippen molar-refractivity contribution < 1.29 is 38.0 Å². The van der Waals surface area contributed by atoms with E-state index in [1.54, 1.807) is 102 Å². The molecule has 10 rings (SSSR count). The summed E-state index contributed by atoms with van der Waals surface area (Å²) in [5.74, 6) is -1.23. The van der Waals surface area contributed by atoms with Gasteiger partial charge in [0, 0.05) is 77.3 Å². The maximum Gasteiger partial charge on any atom is 0.489 e. The molecule has 436 valence electrons. The van der Waals surface area contributed by atoms with Crippen molar-refractivity contribution in [1.29, 1.82) is 0 Å². The number of amides is 4. The van der Waals surface area contributed by atoms with Gasteiger partial charge in [0.05, 0.1) is 10.6 Å².